The van der Waals surface area contributed by atoms with Crippen LogP contribution in [0.3, 0.4) is 0 Å². The van der Waals surface area contributed by atoms with E-state index in [2.05, 4.69) is 27.5 Å². The molecule has 0 aromatic heterocycles. The summed E-state index contributed by atoms with van der Waals surface area (Å²) in [5.41, 5.74) is 0.286. The molecule has 0 amide bonds. The SMILES string of the molecule is CN=C(NCC#Cc1cccc(C(F)(F)F)c1)Nc1ccc(OC)c(OC)c1. The Balaban J connectivity index is 1.98. The number of hydrogen-bond donors (Lipinski definition) is 2. The lowest BCUT2D eigenvalue weighted by Crippen LogP contribution is -2.30. The molecule has 28 heavy (non-hydrogen) atoms. The molecule has 148 valence electrons. The van der Waals surface area contributed by atoms with Crippen LogP contribution in [0.15, 0.2) is 47.5 Å². The molecule has 5 nitrogen and oxygen atoms in total. The summed E-state index contributed by atoms with van der Waals surface area (Å²) in [4.78, 5) is 4.08. The minimum absolute atomic E-state index is 0.198. The number of benzene rings is 2. The number of hydrogen-bond acceptors (Lipinski definition) is 3. The first-order valence-electron chi connectivity index (χ1n) is 8.23. The van der Waals surface area contributed by atoms with Gasteiger partial charge in [-0.15, -0.1) is 0 Å². The number of guanidine groups is 1. The highest BCUT2D eigenvalue weighted by Gasteiger charge is 2.30. The molecule has 2 N–H and O–H groups in total. The van der Waals surface area contributed by atoms with E-state index in [9.17, 15) is 13.2 Å². The van der Waals surface area contributed by atoms with Crippen LogP contribution in [0, 0.1) is 11.8 Å². The average molecular weight is 391 g/mol. The maximum absolute atomic E-state index is 12.7. The lowest BCUT2D eigenvalue weighted by atomic mass is 10.1. The predicted molar refractivity (Wildman–Crippen MR) is 103 cm³/mol. The minimum atomic E-state index is -4.39. The number of nitrogens with zero attached hydrogens (tertiary/aromatic N) is 1. The zero-order valence-electron chi connectivity index (χ0n) is 15.6. The Morgan fingerprint density at radius 3 is 2.46 bits per heavy atom. The van der Waals surface area contributed by atoms with Crippen molar-refractivity contribution in [1.82, 2.24) is 5.32 Å². The summed E-state index contributed by atoms with van der Waals surface area (Å²) < 4.78 is 48.6. The fourth-order valence-electron chi connectivity index (χ4n) is 2.28. The average Bonchev–Trinajstić information content (AvgIpc) is 2.69. The van der Waals surface area contributed by atoms with Crippen molar-refractivity contribution in [3.8, 4) is 23.3 Å². The number of methoxy groups -OCH3 is 2. The molecule has 0 aliphatic rings. The van der Waals surface area contributed by atoms with E-state index in [0.717, 1.165) is 17.8 Å². The van der Waals surface area contributed by atoms with Gasteiger partial charge in [0, 0.05) is 24.4 Å². The summed E-state index contributed by atoms with van der Waals surface area (Å²) in [6.45, 7) is 0.198. The van der Waals surface area contributed by atoms with Gasteiger partial charge in [0.1, 0.15) is 0 Å². The molecule has 2 rings (SSSR count). The molecule has 0 bridgehead atoms. The Morgan fingerprint density at radius 1 is 1.07 bits per heavy atom. The van der Waals surface area contributed by atoms with Crippen molar-refractivity contribution >= 4 is 11.6 Å². The van der Waals surface area contributed by atoms with E-state index >= 15 is 0 Å². The first-order valence-corrected chi connectivity index (χ1v) is 8.23. The van der Waals surface area contributed by atoms with Crippen LogP contribution in [-0.2, 0) is 6.18 Å². The van der Waals surface area contributed by atoms with E-state index in [1.807, 2.05) is 0 Å². The molecule has 0 atom stereocenters. The number of nitrogens with one attached hydrogen (secondary N) is 2. The van der Waals surface area contributed by atoms with Crippen LogP contribution in [0.5, 0.6) is 11.5 Å². The highest BCUT2D eigenvalue weighted by Crippen LogP contribution is 2.30. The highest BCUT2D eigenvalue weighted by molar-refractivity contribution is 5.94. The molecular formula is C20H20F3N3O2. The van der Waals surface area contributed by atoms with Crippen LogP contribution >= 0.6 is 0 Å². The summed E-state index contributed by atoms with van der Waals surface area (Å²) in [6, 6.07) is 10.2. The zero-order chi connectivity index (χ0) is 20.6. The first kappa shape index (κ1) is 21.0. The van der Waals surface area contributed by atoms with Gasteiger partial charge in [-0.05, 0) is 30.3 Å². The summed E-state index contributed by atoms with van der Waals surface area (Å²) in [6.07, 6.45) is -4.39. The Labute approximate surface area is 161 Å². The van der Waals surface area contributed by atoms with Crippen molar-refractivity contribution in [2.45, 2.75) is 6.18 Å². The molecule has 0 spiro atoms. The Kier molecular flexibility index (Phi) is 7.15. The fraction of sp³-hybridized carbons (Fsp3) is 0.250. The summed E-state index contributed by atoms with van der Waals surface area (Å²) >= 11 is 0. The van der Waals surface area contributed by atoms with Crippen molar-refractivity contribution in [3.63, 3.8) is 0 Å². The van der Waals surface area contributed by atoms with E-state index < -0.39 is 11.7 Å². The van der Waals surface area contributed by atoms with Gasteiger partial charge in [0.2, 0.25) is 0 Å². The molecule has 0 heterocycles. The van der Waals surface area contributed by atoms with Crippen LogP contribution in [-0.4, -0.2) is 33.8 Å². The standard InChI is InChI=1S/C20H20F3N3O2/c1-24-19(26-16-9-10-17(27-2)18(13-16)28-3)25-11-5-7-14-6-4-8-15(12-14)20(21,22)23/h4,6,8-10,12-13H,11H2,1-3H3,(H2,24,25,26). The fourth-order valence-corrected chi connectivity index (χ4v) is 2.28. The Bertz CT molecular complexity index is 900. The van der Waals surface area contributed by atoms with Crippen molar-refractivity contribution in [3.05, 3.63) is 53.6 Å². The van der Waals surface area contributed by atoms with Crippen LogP contribution in [0.1, 0.15) is 11.1 Å². The lowest BCUT2D eigenvalue weighted by molar-refractivity contribution is -0.137. The van der Waals surface area contributed by atoms with E-state index in [0.29, 0.717) is 23.0 Å². The van der Waals surface area contributed by atoms with E-state index in [1.165, 1.54) is 19.2 Å². The Hall–Kier alpha value is -3.34. The number of rotatable bonds is 4. The van der Waals surface area contributed by atoms with Crippen molar-refractivity contribution in [2.24, 2.45) is 4.99 Å². The van der Waals surface area contributed by atoms with Crippen molar-refractivity contribution in [1.29, 1.82) is 0 Å². The third-order valence-electron chi connectivity index (χ3n) is 3.64. The third kappa shape index (κ3) is 5.84. The smallest absolute Gasteiger partial charge is 0.416 e. The topological polar surface area (TPSA) is 54.9 Å². The quantitative estimate of drug-likeness (QED) is 0.473. The van der Waals surface area contributed by atoms with Gasteiger partial charge in [0.05, 0.1) is 26.3 Å². The number of alkyl halides is 3. The third-order valence-corrected chi connectivity index (χ3v) is 3.64. The number of ether oxygens (including phenoxy) is 2. The van der Waals surface area contributed by atoms with Gasteiger partial charge in [-0.2, -0.15) is 13.2 Å². The minimum Gasteiger partial charge on any atom is -0.493 e. The molecule has 0 saturated carbocycles. The van der Waals surface area contributed by atoms with Crippen molar-refractivity contribution < 1.29 is 22.6 Å². The van der Waals surface area contributed by atoms with Gasteiger partial charge < -0.3 is 20.1 Å². The van der Waals surface area contributed by atoms with E-state index in [-0.39, 0.29) is 6.54 Å². The maximum atomic E-state index is 12.7. The molecule has 0 unspecified atom stereocenters. The number of aliphatic imine (C=N–C) groups is 1. The predicted octanol–water partition coefficient (Wildman–Crippen LogP) is 3.76. The highest BCUT2D eigenvalue weighted by atomic mass is 19.4. The number of halogens is 3. The molecule has 2 aromatic rings. The number of anilines is 1. The van der Waals surface area contributed by atoms with Gasteiger partial charge in [-0.1, -0.05) is 17.9 Å². The van der Waals surface area contributed by atoms with Gasteiger partial charge in [0.25, 0.3) is 0 Å². The molecule has 0 saturated heterocycles. The van der Waals surface area contributed by atoms with Gasteiger partial charge in [0.15, 0.2) is 17.5 Å². The largest absolute Gasteiger partial charge is 0.493 e. The maximum Gasteiger partial charge on any atom is 0.416 e. The molecular weight excluding hydrogens is 371 g/mol. The molecule has 8 heteroatoms. The molecule has 0 aliphatic carbocycles. The second kappa shape index (κ2) is 9.55. The van der Waals surface area contributed by atoms with Gasteiger partial charge >= 0.3 is 6.18 Å². The van der Waals surface area contributed by atoms with Gasteiger partial charge in [-0.25, -0.2) is 0 Å². The van der Waals surface area contributed by atoms with Crippen LogP contribution in [0.2, 0.25) is 0 Å². The Morgan fingerprint density at radius 2 is 1.82 bits per heavy atom. The molecule has 2 aromatic carbocycles. The second-order valence-electron chi connectivity index (χ2n) is 5.50. The van der Waals surface area contributed by atoms with Crippen molar-refractivity contribution in [2.75, 3.05) is 33.1 Å². The van der Waals surface area contributed by atoms with Crippen LogP contribution < -0.4 is 20.1 Å². The molecule has 0 aliphatic heterocycles. The lowest BCUT2D eigenvalue weighted by Gasteiger charge is -2.13. The van der Waals surface area contributed by atoms with E-state index in [1.54, 1.807) is 32.4 Å². The normalized spacial score (nSPS) is 11.3. The van der Waals surface area contributed by atoms with E-state index in [4.69, 9.17) is 9.47 Å². The van der Waals surface area contributed by atoms with Crippen LogP contribution in [0.4, 0.5) is 18.9 Å². The summed E-state index contributed by atoms with van der Waals surface area (Å²) in [5.74, 6) is 7.09. The summed E-state index contributed by atoms with van der Waals surface area (Å²) in [7, 11) is 4.68. The molecule has 0 fully saturated rings. The second-order valence-corrected chi connectivity index (χ2v) is 5.50. The first-order chi connectivity index (χ1) is 13.4. The summed E-state index contributed by atoms with van der Waals surface area (Å²) in [5, 5.41) is 6.04. The van der Waals surface area contributed by atoms with Gasteiger partial charge in [-0.3, -0.25) is 4.99 Å². The zero-order valence-corrected chi connectivity index (χ0v) is 15.6. The molecule has 0 radical (unpaired) electrons. The van der Waals surface area contributed by atoms with Crippen LogP contribution in [0.25, 0.3) is 0 Å². The monoisotopic (exact) mass is 391 g/mol.